The number of hydrogen-bond donors (Lipinski definition) is 19. The molecule has 0 heterocycles. The molecule has 0 radical (unpaired) electrons. The number of esters is 5. The number of carbonyl (C=O) groups is 5. The molecule has 7 atom stereocenters. The number of aliphatic hydroxyl groups is 6. The molecular weight excluding hydrogens is 1440 g/mol. The maximum Gasteiger partial charge on any atom is 0.338 e. The van der Waals surface area contributed by atoms with Crippen LogP contribution in [0.4, 0.5) is 0 Å². The van der Waals surface area contributed by atoms with E-state index in [9.17, 15) is 101 Å². The van der Waals surface area contributed by atoms with Gasteiger partial charge in [0.25, 0.3) is 0 Å². The first kappa shape index (κ1) is 91.5. The molecule has 0 aliphatic carbocycles. The Morgan fingerprint density at radius 1 is 0.327 bits per heavy atom. The van der Waals surface area contributed by atoms with E-state index in [4.69, 9.17) is 86.7 Å². The second-order valence-electron chi connectivity index (χ2n) is 24.5. The minimum absolute atomic E-state index is 0.0188. The Balaban J connectivity index is 0.000000462. The zero-order valence-electron chi connectivity index (χ0n) is 59.3. The van der Waals surface area contributed by atoms with E-state index in [0.29, 0.717) is 12.0 Å². The first-order valence-electron chi connectivity index (χ1n) is 32.2. The number of phenolic OH excluding ortho intramolecular Hbond substituents is 13. The molecule has 0 saturated heterocycles. The summed E-state index contributed by atoms with van der Waals surface area (Å²) < 4.78 is 73.1. The van der Waals surface area contributed by atoms with Crippen molar-refractivity contribution in [3.63, 3.8) is 0 Å². The van der Waals surface area contributed by atoms with Crippen LogP contribution in [0.5, 0.6) is 74.7 Å². The molecule has 0 aliphatic heterocycles. The quantitative estimate of drug-likeness (QED) is 0.00865. The first-order chi connectivity index (χ1) is 50.5. The lowest BCUT2D eigenvalue weighted by Gasteiger charge is -2.29. The van der Waals surface area contributed by atoms with Crippen LogP contribution in [0, 0.1) is 24.7 Å². The van der Waals surface area contributed by atoms with E-state index in [1.54, 1.807) is 26.8 Å². The first-order valence-corrected chi connectivity index (χ1v) is 32.2. The topological polar surface area (TPSA) is 599 Å². The fourth-order valence-electron chi connectivity index (χ4n) is 8.60. The number of aliphatic hydroxyl groups excluding tert-OH is 6. The van der Waals surface area contributed by atoms with Gasteiger partial charge >= 0.3 is 29.8 Å². The third-order valence-electron chi connectivity index (χ3n) is 14.2. The number of phenols is 13. The second kappa shape index (κ2) is 46.4. The SMILES string of the molecule is COCC(C)(COCOCC(O)COC(=O)c1cc(O)c(O)c(O)c1)COCC(O)COC(=O)c1cc(C)c(C)c(O)c1.COCC(O)COCC(C)(COCOCC(O)COC(=O)c1cc(O)c(O)c(O)c1)COCC(O)COC(=O)c1cc(O)c(O)c(O)c1.O=C(OCCCO)c1cc(O)c(O)c(O)c1. The molecule has 0 amide bonds. The van der Waals surface area contributed by atoms with Gasteiger partial charge in [-0.3, -0.25) is 0 Å². The fourth-order valence-corrected chi connectivity index (χ4v) is 8.60. The zero-order valence-corrected chi connectivity index (χ0v) is 59.3. The van der Waals surface area contributed by atoms with Gasteiger partial charge in [0.05, 0.1) is 114 Å². The van der Waals surface area contributed by atoms with Crippen LogP contribution in [0.1, 0.15) is 83.2 Å². The van der Waals surface area contributed by atoms with E-state index < -0.39 is 160 Å². The van der Waals surface area contributed by atoms with Gasteiger partial charge in [0.2, 0.25) is 0 Å². The Morgan fingerprint density at radius 2 is 0.579 bits per heavy atom. The highest BCUT2D eigenvalue weighted by atomic mass is 16.7. The summed E-state index contributed by atoms with van der Waals surface area (Å²) in [4.78, 5) is 59.9. The predicted octanol–water partition coefficient (Wildman–Crippen LogP) is 1.56. The highest BCUT2D eigenvalue weighted by molar-refractivity contribution is 5.93. The third kappa shape index (κ3) is 32.9. The van der Waals surface area contributed by atoms with Gasteiger partial charge in [0, 0.05) is 38.1 Å². The summed E-state index contributed by atoms with van der Waals surface area (Å²) in [5, 5.41) is 181. The summed E-state index contributed by atoms with van der Waals surface area (Å²) in [7, 11) is 2.93. The van der Waals surface area contributed by atoms with Crippen LogP contribution in [-0.2, 0) is 66.3 Å². The number of ether oxygens (including phenoxy) is 14. The van der Waals surface area contributed by atoms with Crippen LogP contribution in [-0.4, -0.2) is 304 Å². The molecule has 0 aromatic heterocycles. The molecule has 5 rings (SSSR count). The average Bonchev–Trinajstić information content (AvgIpc) is 0.895. The van der Waals surface area contributed by atoms with Crippen molar-refractivity contribution >= 4 is 29.8 Å². The average molecular weight is 1530 g/mol. The molecule has 5 aromatic carbocycles. The van der Waals surface area contributed by atoms with Crippen LogP contribution in [0.25, 0.3) is 0 Å². The summed E-state index contributed by atoms with van der Waals surface area (Å²) in [6, 6.07) is 10.2. The molecular formula is C69H94O38. The highest BCUT2D eigenvalue weighted by Crippen LogP contribution is 2.39. The van der Waals surface area contributed by atoms with E-state index in [2.05, 4.69) is 0 Å². The van der Waals surface area contributed by atoms with Crippen molar-refractivity contribution in [3.8, 4) is 74.7 Å². The van der Waals surface area contributed by atoms with Gasteiger partial charge in [0.1, 0.15) is 76.3 Å². The van der Waals surface area contributed by atoms with E-state index in [0.717, 1.165) is 54.1 Å². The summed E-state index contributed by atoms with van der Waals surface area (Å²) in [5.74, 6) is -13.0. The number of hydrogen-bond acceptors (Lipinski definition) is 38. The van der Waals surface area contributed by atoms with E-state index >= 15 is 0 Å². The van der Waals surface area contributed by atoms with E-state index in [1.165, 1.54) is 20.3 Å². The summed E-state index contributed by atoms with van der Waals surface area (Å²) >= 11 is 0. The third-order valence-corrected chi connectivity index (χ3v) is 14.2. The van der Waals surface area contributed by atoms with Crippen LogP contribution >= 0.6 is 0 Å². The molecule has 598 valence electrons. The van der Waals surface area contributed by atoms with Crippen LogP contribution in [0.15, 0.2) is 60.7 Å². The summed E-state index contributed by atoms with van der Waals surface area (Å²) in [6.45, 7) is 4.18. The largest absolute Gasteiger partial charge is 0.508 e. The van der Waals surface area contributed by atoms with Crippen molar-refractivity contribution in [2.45, 2.75) is 64.6 Å². The molecule has 0 saturated carbocycles. The van der Waals surface area contributed by atoms with Crippen molar-refractivity contribution in [2.24, 2.45) is 10.8 Å². The Bertz CT molecular complexity index is 3490. The van der Waals surface area contributed by atoms with Gasteiger partial charge < -0.3 is 163 Å². The number of aryl methyl sites for hydroxylation is 1. The zero-order chi connectivity index (χ0) is 80.1. The lowest BCUT2D eigenvalue weighted by Crippen LogP contribution is -2.37. The number of methoxy groups -OCH3 is 2. The van der Waals surface area contributed by atoms with Gasteiger partial charge in [-0.05, 0) is 85.6 Å². The Labute approximate surface area is 611 Å². The predicted molar refractivity (Wildman–Crippen MR) is 362 cm³/mol. The minimum atomic E-state index is -1.27. The van der Waals surface area contributed by atoms with Crippen LogP contribution < -0.4 is 0 Å². The Hall–Kier alpha value is -9.75. The minimum Gasteiger partial charge on any atom is -0.508 e. The second-order valence-corrected chi connectivity index (χ2v) is 24.5. The Kier molecular flexibility index (Phi) is 39.6. The van der Waals surface area contributed by atoms with E-state index in [1.807, 2.05) is 6.92 Å². The molecule has 38 heteroatoms. The number of aromatic hydroxyl groups is 13. The maximum absolute atomic E-state index is 12.3. The van der Waals surface area contributed by atoms with E-state index in [-0.39, 0.29) is 146 Å². The lowest BCUT2D eigenvalue weighted by molar-refractivity contribution is -0.133. The van der Waals surface area contributed by atoms with Gasteiger partial charge in [-0.2, -0.15) is 0 Å². The van der Waals surface area contributed by atoms with Gasteiger partial charge in [-0.25, -0.2) is 24.0 Å². The molecule has 0 aliphatic rings. The molecule has 7 unspecified atom stereocenters. The fraction of sp³-hybridized carbons (Fsp3) is 0.493. The standard InChI is InChI=1S/C30H42O18.C29H40O14.C10H12O6/c1-30(13-43-8-19(31)7-42-2,14-44-9-20(32)11-47-28(40)17-3-22(34)26(38)23(35)4-17)15-46-16-45-10-21(33)12-48-29(41)18-5-24(36)27(39)25(37)6-18;1-17-5-19(6-23(32)18(17)2)27(36)42-11-21(30)9-39-14-29(3,13-38-4)15-41-16-40-10-22(31)12-43-28(37)20-7-24(33)26(35)25(34)8-20;11-2-1-3-16-10(15)6-4-7(12)9(14)8(13)5-6/h3-6,19-21,31-39H,7-16H2,1-2H3;5-8,21-22,30-35H,9-16H2,1-4H3;4-5,11-14H,1-3H2. The van der Waals surface area contributed by atoms with Crippen LogP contribution in [0.3, 0.4) is 0 Å². The number of rotatable bonds is 44. The summed E-state index contributed by atoms with van der Waals surface area (Å²) in [6.07, 6.45) is -5.41. The number of benzene rings is 5. The molecule has 5 aromatic rings. The van der Waals surface area contributed by atoms with Crippen molar-refractivity contribution < 1.29 is 187 Å². The molecule has 107 heavy (non-hydrogen) atoms. The molecule has 38 nitrogen and oxygen atoms in total. The Morgan fingerprint density at radius 3 is 0.860 bits per heavy atom. The molecule has 0 spiro atoms. The van der Waals surface area contributed by atoms with Gasteiger partial charge in [-0.15, -0.1) is 0 Å². The van der Waals surface area contributed by atoms with Gasteiger partial charge in [0.15, 0.2) is 69.0 Å². The maximum atomic E-state index is 12.3. The molecule has 0 bridgehead atoms. The monoisotopic (exact) mass is 1530 g/mol. The lowest BCUT2D eigenvalue weighted by atomic mass is 9.94. The summed E-state index contributed by atoms with van der Waals surface area (Å²) in [5.41, 5.74) is -0.761. The van der Waals surface area contributed by atoms with Crippen LogP contribution in [0.2, 0.25) is 0 Å². The number of carbonyl (C=O) groups excluding carboxylic acids is 5. The molecule has 0 fully saturated rings. The highest BCUT2D eigenvalue weighted by Gasteiger charge is 2.30. The van der Waals surface area contributed by atoms with Crippen molar-refractivity contribution in [1.29, 1.82) is 0 Å². The normalized spacial score (nSPS) is 13.7. The smallest absolute Gasteiger partial charge is 0.338 e. The molecule has 19 N–H and O–H groups in total. The van der Waals surface area contributed by atoms with Gasteiger partial charge in [-0.1, -0.05) is 13.8 Å². The van der Waals surface area contributed by atoms with Crippen molar-refractivity contribution in [3.05, 3.63) is 99.6 Å². The van der Waals surface area contributed by atoms with Crippen molar-refractivity contribution in [1.82, 2.24) is 0 Å². The van der Waals surface area contributed by atoms with Crippen molar-refractivity contribution in [2.75, 3.05) is 147 Å².